The predicted octanol–water partition coefficient (Wildman–Crippen LogP) is 0.938. The summed E-state index contributed by atoms with van der Waals surface area (Å²) in [4.78, 5) is 0. The van der Waals surface area contributed by atoms with Gasteiger partial charge in [-0.25, -0.2) is 0 Å². The first-order valence-corrected chi connectivity index (χ1v) is 5.50. The van der Waals surface area contributed by atoms with Gasteiger partial charge in [-0.15, -0.1) is 0 Å². The molecule has 0 aliphatic carbocycles. The fraction of sp³-hybridized carbons (Fsp3) is 0.500. The van der Waals surface area contributed by atoms with Crippen LogP contribution in [0.4, 0.5) is 0 Å². The van der Waals surface area contributed by atoms with Gasteiger partial charge in [0.25, 0.3) is 0 Å². The van der Waals surface area contributed by atoms with Crippen LogP contribution in [0.25, 0.3) is 0 Å². The molecule has 0 bridgehead atoms. The Kier molecular flexibility index (Phi) is 3.64. The molecule has 0 spiro atoms. The highest BCUT2D eigenvalue weighted by Gasteiger charge is 2.15. The lowest BCUT2D eigenvalue weighted by atomic mass is 10.0. The lowest BCUT2D eigenvalue weighted by Gasteiger charge is -2.25. The Balaban J connectivity index is 2.24. The zero-order valence-corrected chi connectivity index (χ0v) is 9.75. The maximum Gasteiger partial charge on any atom is 0.122 e. The molecule has 16 heavy (non-hydrogen) atoms. The second kappa shape index (κ2) is 5.18. The number of hydrogen-bond donors (Lipinski definition) is 2. The van der Waals surface area contributed by atoms with Crippen molar-refractivity contribution in [1.29, 1.82) is 0 Å². The van der Waals surface area contributed by atoms with E-state index in [1.54, 1.807) is 14.2 Å². The average molecular weight is 222 g/mol. The third-order valence-corrected chi connectivity index (χ3v) is 2.82. The number of nitrogens with one attached hydrogen (secondary N) is 2. The van der Waals surface area contributed by atoms with Gasteiger partial charge in [0.15, 0.2) is 0 Å². The Hall–Kier alpha value is -1.26. The Morgan fingerprint density at radius 1 is 1.06 bits per heavy atom. The zero-order valence-electron chi connectivity index (χ0n) is 9.75. The standard InChI is InChI=1S/C12H18N2O2/c1-15-10-5-9(6-11(7-10)16-2)12-8-13-3-4-14-12/h5-7,12-14H,3-4,8H2,1-2H3/t12-/m0/s1. The van der Waals surface area contributed by atoms with E-state index in [2.05, 4.69) is 10.6 Å². The van der Waals surface area contributed by atoms with Gasteiger partial charge in [0.2, 0.25) is 0 Å². The van der Waals surface area contributed by atoms with E-state index in [4.69, 9.17) is 9.47 Å². The number of methoxy groups -OCH3 is 2. The topological polar surface area (TPSA) is 42.5 Å². The van der Waals surface area contributed by atoms with E-state index in [-0.39, 0.29) is 0 Å². The maximum atomic E-state index is 5.26. The second-order valence-corrected chi connectivity index (χ2v) is 3.86. The highest BCUT2D eigenvalue weighted by Crippen LogP contribution is 2.26. The molecule has 0 aromatic heterocycles. The summed E-state index contributed by atoms with van der Waals surface area (Å²) in [6, 6.07) is 6.32. The monoisotopic (exact) mass is 222 g/mol. The van der Waals surface area contributed by atoms with Gasteiger partial charge in [0, 0.05) is 31.7 Å². The van der Waals surface area contributed by atoms with Gasteiger partial charge in [-0.05, 0) is 17.7 Å². The molecule has 1 aromatic rings. The van der Waals surface area contributed by atoms with Gasteiger partial charge in [-0.3, -0.25) is 0 Å². The van der Waals surface area contributed by atoms with Crippen LogP contribution in [0, 0.1) is 0 Å². The third kappa shape index (κ3) is 2.46. The highest BCUT2D eigenvalue weighted by atomic mass is 16.5. The minimum atomic E-state index is 0.331. The molecule has 2 N–H and O–H groups in total. The number of hydrogen-bond acceptors (Lipinski definition) is 4. The van der Waals surface area contributed by atoms with E-state index in [1.807, 2.05) is 18.2 Å². The van der Waals surface area contributed by atoms with Crippen LogP contribution in [-0.2, 0) is 0 Å². The summed E-state index contributed by atoms with van der Waals surface area (Å²) in [5, 5.41) is 6.83. The largest absolute Gasteiger partial charge is 0.497 e. The van der Waals surface area contributed by atoms with E-state index in [1.165, 1.54) is 5.56 Å². The van der Waals surface area contributed by atoms with Crippen molar-refractivity contribution in [3.05, 3.63) is 23.8 Å². The summed E-state index contributed by atoms with van der Waals surface area (Å²) in [7, 11) is 3.34. The lowest BCUT2D eigenvalue weighted by molar-refractivity contribution is 0.387. The second-order valence-electron chi connectivity index (χ2n) is 3.86. The molecule has 1 saturated heterocycles. The third-order valence-electron chi connectivity index (χ3n) is 2.82. The molecule has 4 heteroatoms. The Labute approximate surface area is 95.9 Å². The number of ether oxygens (including phenoxy) is 2. The van der Waals surface area contributed by atoms with E-state index >= 15 is 0 Å². The summed E-state index contributed by atoms with van der Waals surface area (Å²) < 4.78 is 10.5. The van der Waals surface area contributed by atoms with Crippen molar-refractivity contribution >= 4 is 0 Å². The van der Waals surface area contributed by atoms with Gasteiger partial charge in [0.05, 0.1) is 14.2 Å². The van der Waals surface area contributed by atoms with E-state index in [9.17, 15) is 0 Å². The van der Waals surface area contributed by atoms with Gasteiger partial charge in [0.1, 0.15) is 11.5 Å². The first-order valence-electron chi connectivity index (χ1n) is 5.50. The molecule has 1 aliphatic heterocycles. The molecule has 0 unspecified atom stereocenters. The van der Waals surface area contributed by atoms with Crippen molar-refractivity contribution in [2.75, 3.05) is 33.9 Å². The molecule has 2 rings (SSSR count). The number of benzene rings is 1. The molecule has 1 aromatic carbocycles. The van der Waals surface area contributed by atoms with Crippen molar-refractivity contribution < 1.29 is 9.47 Å². The van der Waals surface area contributed by atoms with Crippen molar-refractivity contribution in [3.63, 3.8) is 0 Å². The molecule has 0 amide bonds. The number of piperazine rings is 1. The zero-order chi connectivity index (χ0) is 11.4. The molecule has 0 radical (unpaired) electrons. The van der Waals surface area contributed by atoms with Crippen LogP contribution in [0.5, 0.6) is 11.5 Å². The van der Waals surface area contributed by atoms with Crippen LogP contribution >= 0.6 is 0 Å². The van der Waals surface area contributed by atoms with Gasteiger partial charge in [-0.2, -0.15) is 0 Å². The van der Waals surface area contributed by atoms with Gasteiger partial charge >= 0.3 is 0 Å². The van der Waals surface area contributed by atoms with Gasteiger partial charge in [-0.1, -0.05) is 0 Å². The van der Waals surface area contributed by atoms with E-state index < -0.39 is 0 Å². The fourth-order valence-electron chi connectivity index (χ4n) is 1.92. The SMILES string of the molecule is COc1cc(OC)cc([C@@H]2CNCCN2)c1. The number of rotatable bonds is 3. The Morgan fingerprint density at radius 3 is 2.25 bits per heavy atom. The summed E-state index contributed by atoms with van der Waals surface area (Å²) in [5.41, 5.74) is 1.20. The molecule has 88 valence electrons. The Bertz CT molecular complexity index is 327. The molecule has 4 nitrogen and oxygen atoms in total. The molecule has 1 heterocycles. The molecular weight excluding hydrogens is 204 g/mol. The first kappa shape index (κ1) is 11.2. The van der Waals surface area contributed by atoms with Crippen molar-refractivity contribution in [3.8, 4) is 11.5 Å². The van der Waals surface area contributed by atoms with Crippen LogP contribution < -0.4 is 20.1 Å². The molecule has 1 atom stereocenters. The molecule has 1 fully saturated rings. The highest BCUT2D eigenvalue weighted by molar-refractivity contribution is 5.40. The molecule has 1 aliphatic rings. The summed E-state index contributed by atoms with van der Waals surface area (Å²) in [5.74, 6) is 1.67. The minimum absolute atomic E-state index is 0.331. The molecular formula is C12H18N2O2. The maximum absolute atomic E-state index is 5.26. The first-order chi connectivity index (χ1) is 7.83. The van der Waals surface area contributed by atoms with Gasteiger partial charge < -0.3 is 20.1 Å². The van der Waals surface area contributed by atoms with Crippen LogP contribution in [0.1, 0.15) is 11.6 Å². The smallest absolute Gasteiger partial charge is 0.122 e. The average Bonchev–Trinajstić information content (AvgIpc) is 2.39. The van der Waals surface area contributed by atoms with E-state index in [0.29, 0.717) is 6.04 Å². The van der Waals surface area contributed by atoms with Crippen LogP contribution in [-0.4, -0.2) is 33.9 Å². The van der Waals surface area contributed by atoms with Crippen molar-refractivity contribution in [2.24, 2.45) is 0 Å². The van der Waals surface area contributed by atoms with Crippen LogP contribution in [0.3, 0.4) is 0 Å². The fourth-order valence-corrected chi connectivity index (χ4v) is 1.92. The normalized spacial score (nSPS) is 20.5. The summed E-state index contributed by atoms with van der Waals surface area (Å²) in [6.07, 6.45) is 0. The van der Waals surface area contributed by atoms with Crippen molar-refractivity contribution in [2.45, 2.75) is 6.04 Å². The van der Waals surface area contributed by atoms with Crippen molar-refractivity contribution in [1.82, 2.24) is 10.6 Å². The quantitative estimate of drug-likeness (QED) is 0.798. The minimum Gasteiger partial charge on any atom is -0.497 e. The summed E-state index contributed by atoms with van der Waals surface area (Å²) >= 11 is 0. The molecule has 0 saturated carbocycles. The lowest BCUT2D eigenvalue weighted by Crippen LogP contribution is -2.42. The van der Waals surface area contributed by atoms with Crippen LogP contribution in [0.2, 0.25) is 0 Å². The summed E-state index contributed by atoms with van der Waals surface area (Å²) in [6.45, 7) is 2.96. The van der Waals surface area contributed by atoms with E-state index in [0.717, 1.165) is 31.1 Å². The predicted molar refractivity (Wildman–Crippen MR) is 63.2 cm³/mol. The Morgan fingerprint density at radius 2 is 1.75 bits per heavy atom. The van der Waals surface area contributed by atoms with Crippen LogP contribution in [0.15, 0.2) is 18.2 Å².